The van der Waals surface area contributed by atoms with Gasteiger partial charge in [0, 0.05) is 12.6 Å². The lowest BCUT2D eigenvalue weighted by Gasteiger charge is -2.32. The Morgan fingerprint density at radius 2 is 1.69 bits per heavy atom. The quantitative estimate of drug-likeness (QED) is 0.418. The molecule has 0 aromatic heterocycles. The molecular formula is C29H36N2O. The molecule has 0 bridgehead atoms. The summed E-state index contributed by atoms with van der Waals surface area (Å²) in [7, 11) is 4.04. The molecule has 0 spiro atoms. The molecule has 0 heterocycles. The predicted octanol–water partition coefficient (Wildman–Crippen LogP) is 5.72. The number of hydrogen-bond donors (Lipinski definition) is 1. The zero-order chi connectivity index (χ0) is 22.2. The number of unbranched alkanes of at least 4 members (excludes halogenated alkanes) is 1. The van der Waals surface area contributed by atoms with Crippen molar-refractivity contribution in [3.8, 4) is 16.9 Å². The number of likely N-dealkylation sites (N-methyl/N-ethyl adjacent to an activating group) is 1. The first-order valence-corrected chi connectivity index (χ1v) is 11.9. The molecular weight excluding hydrogens is 392 g/mol. The summed E-state index contributed by atoms with van der Waals surface area (Å²) in [6.45, 7) is 3.17. The number of nitrogens with one attached hydrogen (secondary N) is 1. The fraction of sp³-hybridized carbons (Fsp3) is 0.379. The summed E-state index contributed by atoms with van der Waals surface area (Å²) in [5.41, 5.74) is 6.86. The summed E-state index contributed by atoms with van der Waals surface area (Å²) in [4.78, 5) is 2.56. The maximum Gasteiger partial charge on any atom is 0.119 e. The third kappa shape index (κ3) is 5.99. The fourth-order valence-electron chi connectivity index (χ4n) is 4.69. The Labute approximate surface area is 193 Å². The molecule has 0 aliphatic heterocycles. The molecule has 4 rings (SSSR count). The number of rotatable bonds is 10. The molecule has 3 aromatic carbocycles. The Morgan fingerprint density at radius 3 is 2.47 bits per heavy atom. The molecule has 0 radical (unpaired) electrons. The monoisotopic (exact) mass is 428 g/mol. The van der Waals surface area contributed by atoms with Gasteiger partial charge >= 0.3 is 0 Å². The Balaban J connectivity index is 1.14. The highest BCUT2D eigenvalue weighted by molar-refractivity contribution is 5.63. The highest BCUT2D eigenvalue weighted by Gasteiger charge is 2.22. The molecule has 32 heavy (non-hydrogen) atoms. The van der Waals surface area contributed by atoms with E-state index in [0.717, 1.165) is 31.8 Å². The van der Waals surface area contributed by atoms with Crippen molar-refractivity contribution in [2.45, 2.75) is 44.7 Å². The molecule has 1 aliphatic rings. The van der Waals surface area contributed by atoms with E-state index in [-0.39, 0.29) is 0 Å². The molecule has 3 aromatic rings. The molecule has 0 amide bonds. The van der Waals surface area contributed by atoms with E-state index >= 15 is 0 Å². The van der Waals surface area contributed by atoms with Crippen molar-refractivity contribution in [1.29, 1.82) is 0 Å². The van der Waals surface area contributed by atoms with Gasteiger partial charge in [0.15, 0.2) is 0 Å². The van der Waals surface area contributed by atoms with Crippen LogP contribution in [0.5, 0.6) is 5.75 Å². The van der Waals surface area contributed by atoms with E-state index < -0.39 is 0 Å². The number of hydrogen-bond acceptors (Lipinski definition) is 3. The van der Waals surface area contributed by atoms with E-state index in [2.05, 4.69) is 90.1 Å². The summed E-state index contributed by atoms with van der Waals surface area (Å²) in [6, 6.07) is 26.7. The fourth-order valence-corrected chi connectivity index (χ4v) is 4.69. The van der Waals surface area contributed by atoms with Gasteiger partial charge in [0.1, 0.15) is 5.75 Å². The maximum absolute atomic E-state index is 5.42. The summed E-state index contributed by atoms with van der Waals surface area (Å²) >= 11 is 0. The molecule has 0 fully saturated rings. The van der Waals surface area contributed by atoms with Crippen LogP contribution in [-0.4, -0.2) is 38.2 Å². The Morgan fingerprint density at radius 1 is 0.906 bits per heavy atom. The predicted molar refractivity (Wildman–Crippen MR) is 134 cm³/mol. The third-order valence-electron chi connectivity index (χ3n) is 6.74. The van der Waals surface area contributed by atoms with Gasteiger partial charge < -0.3 is 15.0 Å². The first-order valence-electron chi connectivity index (χ1n) is 11.9. The number of ether oxygens (including phenoxy) is 1. The Kier molecular flexibility index (Phi) is 7.97. The van der Waals surface area contributed by atoms with Crippen LogP contribution in [0.2, 0.25) is 0 Å². The zero-order valence-corrected chi connectivity index (χ0v) is 19.5. The van der Waals surface area contributed by atoms with Gasteiger partial charge in [0.2, 0.25) is 0 Å². The van der Waals surface area contributed by atoms with E-state index in [1.807, 2.05) is 0 Å². The molecule has 0 saturated heterocycles. The minimum absolute atomic E-state index is 0.644. The van der Waals surface area contributed by atoms with Gasteiger partial charge in [0.05, 0.1) is 7.11 Å². The van der Waals surface area contributed by atoms with Crippen molar-refractivity contribution >= 4 is 0 Å². The maximum atomic E-state index is 5.42. The second-order valence-corrected chi connectivity index (χ2v) is 8.96. The lowest BCUT2D eigenvalue weighted by molar-refractivity contribution is 0.217. The summed E-state index contributed by atoms with van der Waals surface area (Å²) in [6.07, 6.45) is 6.02. The summed E-state index contributed by atoms with van der Waals surface area (Å²) < 4.78 is 5.42. The average Bonchev–Trinajstić information content (AvgIpc) is 2.86. The number of aryl methyl sites for hydroxylation is 1. The van der Waals surface area contributed by atoms with E-state index in [9.17, 15) is 0 Å². The topological polar surface area (TPSA) is 24.5 Å². The number of benzene rings is 3. The van der Waals surface area contributed by atoms with Crippen LogP contribution in [0.4, 0.5) is 0 Å². The lowest BCUT2D eigenvalue weighted by atomic mass is 9.87. The third-order valence-corrected chi connectivity index (χ3v) is 6.74. The van der Waals surface area contributed by atoms with Crippen molar-refractivity contribution in [3.05, 3.63) is 89.5 Å². The van der Waals surface area contributed by atoms with Gasteiger partial charge in [-0.2, -0.15) is 0 Å². The van der Waals surface area contributed by atoms with E-state index in [1.54, 1.807) is 7.11 Å². The summed E-state index contributed by atoms with van der Waals surface area (Å²) in [5.74, 6) is 0.979. The highest BCUT2D eigenvalue weighted by Crippen LogP contribution is 2.27. The molecule has 3 heteroatoms. The van der Waals surface area contributed by atoms with Crippen molar-refractivity contribution < 1.29 is 4.74 Å². The standard InChI is InChI=1S/C29H36N2O/c1-31(28-16-14-26-15-17-29(32-2)21-27(26)20-28)19-7-6-18-30-22-23-10-12-25(13-11-23)24-8-4-3-5-9-24/h3-5,8-13,15,17,21,28,30H,6-7,14,16,18-20,22H2,1-2H3/t28-/m1/s1. The highest BCUT2D eigenvalue weighted by atomic mass is 16.5. The number of nitrogens with zero attached hydrogens (tertiary/aromatic N) is 1. The van der Waals surface area contributed by atoms with Crippen LogP contribution in [0, 0.1) is 0 Å². The second-order valence-electron chi connectivity index (χ2n) is 8.96. The molecule has 0 saturated carbocycles. The normalized spacial score (nSPS) is 15.5. The van der Waals surface area contributed by atoms with Crippen LogP contribution in [0.1, 0.15) is 36.0 Å². The molecule has 1 aliphatic carbocycles. The number of fused-ring (bicyclic) bond motifs is 1. The van der Waals surface area contributed by atoms with Gasteiger partial charge in [-0.3, -0.25) is 0 Å². The molecule has 1 N–H and O–H groups in total. The van der Waals surface area contributed by atoms with Crippen molar-refractivity contribution in [2.75, 3.05) is 27.2 Å². The number of methoxy groups -OCH3 is 1. The van der Waals surface area contributed by atoms with Crippen molar-refractivity contribution in [2.24, 2.45) is 0 Å². The van der Waals surface area contributed by atoms with Crippen LogP contribution < -0.4 is 10.1 Å². The molecule has 168 valence electrons. The lowest BCUT2D eigenvalue weighted by Crippen LogP contribution is -2.37. The van der Waals surface area contributed by atoms with Crippen LogP contribution in [0.3, 0.4) is 0 Å². The van der Waals surface area contributed by atoms with Crippen LogP contribution in [0.25, 0.3) is 11.1 Å². The minimum Gasteiger partial charge on any atom is -0.497 e. The first-order chi connectivity index (χ1) is 15.7. The second kappa shape index (κ2) is 11.3. The van der Waals surface area contributed by atoms with E-state index in [4.69, 9.17) is 4.74 Å². The Hall–Kier alpha value is -2.62. The Bertz CT molecular complexity index is 968. The minimum atomic E-state index is 0.644. The summed E-state index contributed by atoms with van der Waals surface area (Å²) in [5, 5.41) is 3.61. The zero-order valence-electron chi connectivity index (χ0n) is 19.5. The van der Waals surface area contributed by atoms with Crippen LogP contribution >= 0.6 is 0 Å². The largest absolute Gasteiger partial charge is 0.497 e. The van der Waals surface area contributed by atoms with Crippen molar-refractivity contribution in [3.63, 3.8) is 0 Å². The van der Waals surface area contributed by atoms with Gasteiger partial charge in [-0.1, -0.05) is 60.7 Å². The van der Waals surface area contributed by atoms with E-state index in [0.29, 0.717) is 6.04 Å². The van der Waals surface area contributed by atoms with Crippen LogP contribution in [0.15, 0.2) is 72.8 Å². The first kappa shape index (κ1) is 22.6. The van der Waals surface area contributed by atoms with Gasteiger partial charge in [0.25, 0.3) is 0 Å². The molecule has 0 unspecified atom stereocenters. The average molecular weight is 429 g/mol. The van der Waals surface area contributed by atoms with Crippen molar-refractivity contribution in [1.82, 2.24) is 10.2 Å². The van der Waals surface area contributed by atoms with Gasteiger partial charge in [-0.25, -0.2) is 0 Å². The smallest absolute Gasteiger partial charge is 0.119 e. The van der Waals surface area contributed by atoms with Gasteiger partial charge in [-0.05, 0) is 92.2 Å². The van der Waals surface area contributed by atoms with Gasteiger partial charge in [-0.15, -0.1) is 0 Å². The van der Waals surface area contributed by atoms with Crippen LogP contribution in [-0.2, 0) is 19.4 Å². The SMILES string of the molecule is COc1ccc2c(c1)C[C@H](N(C)CCCCNCc1ccc(-c3ccccc3)cc1)CC2. The molecule has 1 atom stereocenters. The van der Waals surface area contributed by atoms with E-state index in [1.165, 1.54) is 53.5 Å². The molecule has 3 nitrogen and oxygen atoms in total.